The van der Waals surface area contributed by atoms with Gasteiger partial charge in [0.25, 0.3) is 0 Å². The smallest absolute Gasteiger partial charge is 0.226 e. The van der Waals surface area contributed by atoms with Crippen LogP contribution in [0, 0.1) is 18.8 Å². The van der Waals surface area contributed by atoms with Crippen molar-refractivity contribution < 1.29 is 4.79 Å². The molecule has 2 fully saturated rings. The molecule has 0 bridgehead atoms. The van der Waals surface area contributed by atoms with Gasteiger partial charge < -0.3 is 10.2 Å². The topological polar surface area (TPSA) is 32.3 Å². The van der Waals surface area contributed by atoms with Crippen LogP contribution in [0.4, 0.5) is 0 Å². The zero-order valence-electron chi connectivity index (χ0n) is 13.5. The maximum absolute atomic E-state index is 12.7. The lowest BCUT2D eigenvalue weighted by atomic mass is 9.97. The van der Waals surface area contributed by atoms with Gasteiger partial charge in [-0.05, 0) is 62.7 Å². The summed E-state index contributed by atoms with van der Waals surface area (Å²) in [5, 5.41) is 3.25. The van der Waals surface area contributed by atoms with Crippen molar-refractivity contribution in [2.75, 3.05) is 26.7 Å². The second kappa shape index (κ2) is 7.47. The third-order valence-corrected chi connectivity index (χ3v) is 5.02. The molecule has 122 valence electrons. The Bertz CT molecular complexity index is 518. The molecule has 2 aliphatic rings. The molecule has 1 heterocycles. The van der Waals surface area contributed by atoms with Crippen LogP contribution in [0.15, 0.2) is 24.3 Å². The third kappa shape index (κ3) is 3.64. The minimum atomic E-state index is 0. The molecule has 1 saturated carbocycles. The molecular formula is C18H27ClN2O. The zero-order valence-corrected chi connectivity index (χ0v) is 14.4. The van der Waals surface area contributed by atoms with E-state index in [2.05, 4.69) is 41.4 Å². The van der Waals surface area contributed by atoms with Gasteiger partial charge in [0, 0.05) is 19.0 Å². The Balaban J connectivity index is 0.00000176. The van der Waals surface area contributed by atoms with E-state index in [4.69, 9.17) is 0 Å². The highest BCUT2D eigenvalue weighted by atomic mass is 35.5. The summed E-state index contributed by atoms with van der Waals surface area (Å²) in [4.78, 5) is 14.8. The Morgan fingerprint density at radius 2 is 2.14 bits per heavy atom. The predicted molar refractivity (Wildman–Crippen MR) is 92.5 cm³/mol. The van der Waals surface area contributed by atoms with Crippen LogP contribution in [0.25, 0.3) is 0 Å². The number of piperidine rings is 1. The van der Waals surface area contributed by atoms with Crippen LogP contribution >= 0.6 is 12.4 Å². The largest absolute Gasteiger partial charge is 0.342 e. The Morgan fingerprint density at radius 1 is 1.36 bits per heavy atom. The van der Waals surface area contributed by atoms with Crippen molar-refractivity contribution in [1.82, 2.24) is 10.2 Å². The lowest BCUT2D eigenvalue weighted by Crippen LogP contribution is -2.43. The molecule has 3 unspecified atom stereocenters. The van der Waals surface area contributed by atoms with Crippen LogP contribution in [-0.4, -0.2) is 37.5 Å². The normalized spacial score (nSPS) is 27.2. The quantitative estimate of drug-likeness (QED) is 0.924. The van der Waals surface area contributed by atoms with Gasteiger partial charge in [0.05, 0.1) is 0 Å². The van der Waals surface area contributed by atoms with E-state index in [1.54, 1.807) is 0 Å². The monoisotopic (exact) mass is 322 g/mol. The maximum atomic E-state index is 12.7. The lowest BCUT2D eigenvalue weighted by Gasteiger charge is -2.33. The molecule has 3 nitrogen and oxygen atoms in total. The van der Waals surface area contributed by atoms with Crippen LogP contribution in [0.3, 0.4) is 0 Å². The van der Waals surface area contributed by atoms with E-state index in [0.29, 0.717) is 17.7 Å². The number of benzene rings is 1. The molecule has 0 spiro atoms. The van der Waals surface area contributed by atoms with Gasteiger partial charge >= 0.3 is 0 Å². The summed E-state index contributed by atoms with van der Waals surface area (Å²) in [5.41, 5.74) is 2.70. The zero-order chi connectivity index (χ0) is 14.8. The fraction of sp³-hybridized carbons (Fsp3) is 0.611. The molecular weight excluding hydrogens is 296 g/mol. The molecule has 4 heteroatoms. The number of halogens is 1. The molecule has 22 heavy (non-hydrogen) atoms. The Morgan fingerprint density at radius 3 is 2.86 bits per heavy atom. The van der Waals surface area contributed by atoms with Crippen molar-refractivity contribution in [1.29, 1.82) is 0 Å². The minimum absolute atomic E-state index is 0. The highest BCUT2D eigenvalue weighted by Crippen LogP contribution is 2.49. The standard InChI is InChI=1S/C18H26N2O.ClH/c1-13-6-3-4-8-15(13)16-10-17(16)18(21)20-9-5-7-14(12-20)11-19-2;/h3-4,6,8,14,16-17,19H,5,7,9-12H2,1-2H3;1H. The van der Waals surface area contributed by atoms with Crippen molar-refractivity contribution >= 4 is 18.3 Å². The summed E-state index contributed by atoms with van der Waals surface area (Å²) >= 11 is 0. The molecule has 1 saturated heterocycles. The summed E-state index contributed by atoms with van der Waals surface area (Å²) < 4.78 is 0. The van der Waals surface area contributed by atoms with Crippen molar-refractivity contribution in [3.63, 3.8) is 0 Å². The predicted octanol–water partition coefficient (Wildman–Crippen LogP) is 2.98. The van der Waals surface area contributed by atoms with Gasteiger partial charge in [-0.2, -0.15) is 0 Å². The third-order valence-electron chi connectivity index (χ3n) is 5.02. The Kier molecular flexibility index (Phi) is 5.87. The summed E-state index contributed by atoms with van der Waals surface area (Å²) in [7, 11) is 2.00. The summed E-state index contributed by atoms with van der Waals surface area (Å²) in [6.07, 6.45) is 3.44. The molecule has 3 rings (SSSR count). The van der Waals surface area contributed by atoms with Gasteiger partial charge in [-0.3, -0.25) is 4.79 Å². The molecule has 3 atom stereocenters. The number of rotatable bonds is 4. The highest BCUT2D eigenvalue weighted by molar-refractivity contribution is 5.85. The van der Waals surface area contributed by atoms with Gasteiger partial charge in [-0.25, -0.2) is 0 Å². The van der Waals surface area contributed by atoms with Crippen molar-refractivity contribution in [3.05, 3.63) is 35.4 Å². The van der Waals surface area contributed by atoms with Gasteiger partial charge in [0.2, 0.25) is 5.91 Å². The molecule has 1 aliphatic carbocycles. The van der Waals surface area contributed by atoms with Gasteiger partial charge in [-0.15, -0.1) is 12.4 Å². The average molecular weight is 323 g/mol. The van der Waals surface area contributed by atoms with E-state index < -0.39 is 0 Å². The van der Waals surface area contributed by atoms with Crippen LogP contribution in [-0.2, 0) is 4.79 Å². The van der Waals surface area contributed by atoms with E-state index in [9.17, 15) is 4.79 Å². The van der Waals surface area contributed by atoms with E-state index in [0.717, 1.165) is 32.5 Å². The minimum Gasteiger partial charge on any atom is -0.342 e. The fourth-order valence-electron chi connectivity index (χ4n) is 3.77. The van der Waals surface area contributed by atoms with Gasteiger partial charge in [0.1, 0.15) is 0 Å². The number of carbonyl (C=O) groups excluding carboxylic acids is 1. The molecule has 1 aromatic rings. The van der Waals surface area contributed by atoms with E-state index in [-0.39, 0.29) is 18.3 Å². The number of nitrogens with zero attached hydrogens (tertiary/aromatic N) is 1. The number of hydrogen-bond donors (Lipinski definition) is 1. The Hall–Kier alpha value is -1.06. The maximum Gasteiger partial charge on any atom is 0.226 e. The van der Waals surface area contributed by atoms with Crippen LogP contribution in [0.5, 0.6) is 0 Å². The SMILES string of the molecule is CNCC1CCCN(C(=O)C2CC2c2ccccc2C)C1.Cl. The summed E-state index contributed by atoms with van der Waals surface area (Å²) in [5.74, 6) is 1.72. The summed E-state index contributed by atoms with van der Waals surface area (Å²) in [6, 6.07) is 8.50. The molecule has 0 aromatic heterocycles. The fourth-order valence-corrected chi connectivity index (χ4v) is 3.77. The first-order valence-corrected chi connectivity index (χ1v) is 8.19. The molecule has 1 amide bonds. The van der Waals surface area contributed by atoms with Crippen LogP contribution in [0.1, 0.15) is 36.3 Å². The number of nitrogens with one attached hydrogen (secondary N) is 1. The van der Waals surface area contributed by atoms with E-state index >= 15 is 0 Å². The second-order valence-electron chi connectivity index (χ2n) is 6.66. The van der Waals surface area contributed by atoms with E-state index in [1.165, 1.54) is 17.5 Å². The van der Waals surface area contributed by atoms with Gasteiger partial charge in [0.15, 0.2) is 0 Å². The number of amides is 1. The number of likely N-dealkylation sites (tertiary alicyclic amines) is 1. The first-order chi connectivity index (χ1) is 10.2. The molecule has 1 aromatic carbocycles. The number of aryl methyl sites for hydroxylation is 1. The highest BCUT2D eigenvalue weighted by Gasteiger charge is 2.46. The lowest BCUT2D eigenvalue weighted by molar-refractivity contribution is -0.134. The first kappa shape index (κ1) is 17.3. The second-order valence-corrected chi connectivity index (χ2v) is 6.66. The average Bonchev–Trinajstić information content (AvgIpc) is 3.28. The van der Waals surface area contributed by atoms with Crippen molar-refractivity contribution in [3.8, 4) is 0 Å². The van der Waals surface area contributed by atoms with Crippen molar-refractivity contribution in [2.45, 2.75) is 32.1 Å². The Labute approximate surface area is 139 Å². The van der Waals surface area contributed by atoms with E-state index in [1.807, 2.05) is 7.05 Å². The first-order valence-electron chi connectivity index (χ1n) is 8.19. The molecule has 0 radical (unpaired) electrons. The van der Waals surface area contributed by atoms with Crippen LogP contribution < -0.4 is 5.32 Å². The molecule has 1 aliphatic heterocycles. The number of carbonyl (C=O) groups is 1. The molecule has 1 N–H and O–H groups in total. The summed E-state index contributed by atoms with van der Waals surface area (Å²) in [6.45, 7) is 5.07. The number of hydrogen-bond acceptors (Lipinski definition) is 2. The van der Waals surface area contributed by atoms with Gasteiger partial charge in [-0.1, -0.05) is 24.3 Å². The van der Waals surface area contributed by atoms with Crippen LogP contribution in [0.2, 0.25) is 0 Å². The van der Waals surface area contributed by atoms with Crippen molar-refractivity contribution in [2.24, 2.45) is 11.8 Å².